The van der Waals surface area contributed by atoms with Crippen molar-refractivity contribution in [3.8, 4) is 11.3 Å². The van der Waals surface area contributed by atoms with Gasteiger partial charge < -0.3 is 5.11 Å². The number of carboxylic acid groups (broad SMARTS) is 1. The molecular weight excluding hydrogens is 226 g/mol. The molecule has 0 unspecified atom stereocenters. The first-order valence-corrected chi connectivity index (χ1v) is 5.76. The molecule has 0 atom stereocenters. The minimum absolute atomic E-state index is 0.222. The summed E-state index contributed by atoms with van der Waals surface area (Å²) >= 11 is 0. The molecule has 0 bridgehead atoms. The first kappa shape index (κ1) is 12.3. The summed E-state index contributed by atoms with van der Waals surface area (Å²) in [4.78, 5) is 15.1. The summed E-state index contributed by atoms with van der Waals surface area (Å²) < 4.78 is 0. The zero-order chi connectivity index (χ0) is 13.3. The number of rotatable bonds is 2. The van der Waals surface area contributed by atoms with Crippen LogP contribution in [0.3, 0.4) is 0 Å². The van der Waals surface area contributed by atoms with E-state index in [9.17, 15) is 4.79 Å². The number of carboxylic acids is 1. The lowest BCUT2D eigenvalue weighted by Gasteiger charge is -2.08. The van der Waals surface area contributed by atoms with Crippen LogP contribution in [0.15, 0.2) is 30.5 Å². The molecule has 0 radical (unpaired) electrons. The Morgan fingerprint density at radius 3 is 2.33 bits per heavy atom. The van der Waals surface area contributed by atoms with Gasteiger partial charge in [-0.15, -0.1) is 0 Å². The van der Waals surface area contributed by atoms with Gasteiger partial charge in [0, 0.05) is 11.8 Å². The summed E-state index contributed by atoms with van der Waals surface area (Å²) in [5.74, 6) is -0.947. The molecule has 1 aromatic carbocycles. The van der Waals surface area contributed by atoms with E-state index in [0.29, 0.717) is 0 Å². The van der Waals surface area contributed by atoms with Crippen LogP contribution < -0.4 is 0 Å². The van der Waals surface area contributed by atoms with Crippen LogP contribution in [0.5, 0.6) is 0 Å². The summed E-state index contributed by atoms with van der Waals surface area (Å²) in [6, 6.07) is 7.79. The average Bonchev–Trinajstić information content (AvgIpc) is 2.32. The van der Waals surface area contributed by atoms with Crippen LogP contribution in [0.4, 0.5) is 0 Å². The zero-order valence-electron chi connectivity index (χ0n) is 10.7. The van der Waals surface area contributed by atoms with E-state index >= 15 is 0 Å². The van der Waals surface area contributed by atoms with Gasteiger partial charge in [0.2, 0.25) is 0 Å². The fourth-order valence-electron chi connectivity index (χ4n) is 1.88. The highest BCUT2D eigenvalue weighted by atomic mass is 16.4. The molecule has 0 aliphatic carbocycles. The molecule has 3 heteroatoms. The van der Waals surface area contributed by atoms with Crippen LogP contribution in [0.25, 0.3) is 11.3 Å². The maximum atomic E-state index is 10.9. The summed E-state index contributed by atoms with van der Waals surface area (Å²) in [5, 5.41) is 8.91. The third-order valence-electron chi connectivity index (χ3n) is 3.11. The number of nitrogens with zero attached hydrogens (tertiary/aromatic N) is 1. The predicted molar refractivity (Wildman–Crippen MR) is 70.8 cm³/mol. The van der Waals surface area contributed by atoms with Gasteiger partial charge >= 0.3 is 5.97 Å². The molecule has 2 aromatic rings. The van der Waals surface area contributed by atoms with E-state index in [1.807, 2.05) is 13.0 Å². The maximum absolute atomic E-state index is 10.9. The average molecular weight is 241 g/mol. The molecule has 92 valence electrons. The first-order chi connectivity index (χ1) is 8.49. The van der Waals surface area contributed by atoms with Crippen molar-refractivity contribution in [2.45, 2.75) is 20.8 Å². The maximum Gasteiger partial charge on any atom is 0.337 e. The van der Waals surface area contributed by atoms with Crippen molar-refractivity contribution in [2.75, 3.05) is 0 Å². The molecule has 3 nitrogen and oxygen atoms in total. The second-order valence-corrected chi connectivity index (χ2v) is 4.49. The topological polar surface area (TPSA) is 50.2 Å². The smallest absolute Gasteiger partial charge is 0.337 e. The Morgan fingerprint density at radius 1 is 1.06 bits per heavy atom. The van der Waals surface area contributed by atoms with Gasteiger partial charge in [0.1, 0.15) is 0 Å². The second kappa shape index (κ2) is 4.61. The Morgan fingerprint density at radius 2 is 1.78 bits per heavy atom. The van der Waals surface area contributed by atoms with Crippen molar-refractivity contribution in [1.82, 2.24) is 4.98 Å². The molecule has 1 N–H and O–H groups in total. The molecule has 18 heavy (non-hydrogen) atoms. The van der Waals surface area contributed by atoms with E-state index in [-0.39, 0.29) is 5.56 Å². The van der Waals surface area contributed by atoms with E-state index in [2.05, 4.69) is 31.0 Å². The van der Waals surface area contributed by atoms with E-state index in [0.717, 1.165) is 16.8 Å². The summed E-state index contributed by atoms with van der Waals surface area (Å²) in [6.07, 6.45) is 1.40. The third kappa shape index (κ3) is 2.25. The highest BCUT2D eigenvalue weighted by Crippen LogP contribution is 2.23. The number of aromatic carboxylic acids is 1. The van der Waals surface area contributed by atoms with Crippen LogP contribution in [0, 0.1) is 20.8 Å². The quantitative estimate of drug-likeness (QED) is 0.876. The van der Waals surface area contributed by atoms with Gasteiger partial charge in [-0.25, -0.2) is 4.79 Å². The fraction of sp³-hybridized carbons (Fsp3) is 0.200. The molecule has 1 aromatic heterocycles. The predicted octanol–water partition coefficient (Wildman–Crippen LogP) is 3.37. The Balaban J connectivity index is 2.51. The number of carbonyl (C=O) groups is 1. The van der Waals surface area contributed by atoms with Crippen molar-refractivity contribution in [1.29, 1.82) is 0 Å². The molecule has 0 saturated carbocycles. The molecule has 0 spiro atoms. The lowest BCUT2D eigenvalue weighted by Crippen LogP contribution is -1.99. The van der Waals surface area contributed by atoms with Gasteiger partial charge in [-0.1, -0.05) is 12.1 Å². The zero-order valence-corrected chi connectivity index (χ0v) is 10.7. The lowest BCUT2D eigenvalue weighted by molar-refractivity contribution is 0.0696. The van der Waals surface area contributed by atoms with Gasteiger partial charge in [-0.2, -0.15) is 0 Å². The SMILES string of the molecule is Cc1ccc(-c2ncc(C(=O)O)cc2C)cc1C. The number of hydrogen-bond donors (Lipinski definition) is 1. The molecule has 1 heterocycles. The Bertz CT molecular complexity index is 618. The minimum atomic E-state index is -0.947. The number of aryl methyl sites for hydroxylation is 3. The van der Waals surface area contributed by atoms with Gasteiger partial charge in [-0.3, -0.25) is 4.98 Å². The molecule has 0 fully saturated rings. The van der Waals surface area contributed by atoms with E-state index < -0.39 is 5.97 Å². The summed E-state index contributed by atoms with van der Waals surface area (Å²) in [5.41, 5.74) is 5.39. The van der Waals surface area contributed by atoms with Crippen LogP contribution in [-0.4, -0.2) is 16.1 Å². The molecule has 0 amide bonds. The molecule has 0 aliphatic heterocycles. The monoisotopic (exact) mass is 241 g/mol. The van der Waals surface area contributed by atoms with Crippen molar-refractivity contribution >= 4 is 5.97 Å². The molecule has 0 aliphatic rings. The van der Waals surface area contributed by atoms with E-state index in [4.69, 9.17) is 5.11 Å². The molecule has 0 saturated heterocycles. The summed E-state index contributed by atoms with van der Waals surface area (Å²) in [6.45, 7) is 6.00. The van der Waals surface area contributed by atoms with E-state index in [1.165, 1.54) is 17.3 Å². The van der Waals surface area contributed by atoms with Crippen molar-refractivity contribution in [3.63, 3.8) is 0 Å². The van der Waals surface area contributed by atoms with E-state index in [1.54, 1.807) is 6.07 Å². The number of benzene rings is 1. The Labute approximate surface area is 106 Å². The highest BCUT2D eigenvalue weighted by molar-refractivity contribution is 5.88. The number of hydrogen-bond acceptors (Lipinski definition) is 2. The van der Waals surface area contributed by atoms with Crippen LogP contribution in [0.2, 0.25) is 0 Å². The largest absolute Gasteiger partial charge is 0.478 e. The number of pyridine rings is 1. The highest BCUT2D eigenvalue weighted by Gasteiger charge is 2.09. The minimum Gasteiger partial charge on any atom is -0.478 e. The Hall–Kier alpha value is -2.16. The molecular formula is C15H15NO2. The van der Waals surface area contributed by atoms with Gasteiger partial charge in [0.15, 0.2) is 0 Å². The standard InChI is InChI=1S/C15H15NO2/c1-9-4-5-12(6-10(9)2)14-11(3)7-13(8-16-14)15(17)18/h4-8H,1-3H3,(H,17,18). The van der Waals surface area contributed by atoms with Crippen molar-refractivity contribution in [3.05, 3.63) is 52.7 Å². The molecule has 2 rings (SSSR count). The van der Waals surface area contributed by atoms with Crippen LogP contribution >= 0.6 is 0 Å². The van der Waals surface area contributed by atoms with Crippen LogP contribution in [0.1, 0.15) is 27.0 Å². The normalized spacial score (nSPS) is 10.4. The second-order valence-electron chi connectivity index (χ2n) is 4.49. The fourth-order valence-corrected chi connectivity index (χ4v) is 1.88. The van der Waals surface area contributed by atoms with Crippen molar-refractivity contribution < 1.29 is 9.90 Å². The van der Waals surface area contributed by atoms with Gasteiger partial charge in [0.25, 0.3) is 0 Å². The number of aromatic nitrogens is 1. The third-order valence-corrected chi connectivity index (χ3v) is 3.11. The summed E-state index contributed by atoms with van der Waals surface area (Å²) in [7, 11) is 0. The Kier molecular flexibility index (Phi) is 3.15. The lowest BCUT2D eigenvalue weighted by atomic mass is 10.0. The van der Waals surface area contributed by atoms with Gasteiger partial charge in [0.05, 0.1) is 11.3 Å². The first-order valence-electron chi connectivity index (χ1n) is 5.76. The van der Waals surface area contributed by atoms with Crippen LogP contribution in [-0.2, 0) is 0 Å². The van der Waals surface area contributed by atoms with Gasteiger partial charge in [-0.05, 0) is 49.6 Å². The van der Waals surface area contributed by atoms with Crippen molar-refractivity contribution in [2.24, 2.45) is 0 Å².